The summed E-state index contributed by atoms with van der Waals surface area (Å²) in [5.41, 5.74) is 0.288. The van der Waals surface area contributed by atoms with Gasteiger partial charge in [-0.15, -0.1) is 0 Å². The number of carbonyl (C=O) groups is 1. The highest BCUT2D eigenvalue weighted by atomic mass is 35.5. The monoisotopic (exact) mass is 299 g/mol. The number of nitrogens with one attached hydrogen (secondary N) is 1. The van der Waals surface area contributed by atoms with E-state index in [2.05, 4.69) is 11.6 Å². The fraction of sp³-hybridized carbons (Fsp3) is 0.500. The number of halogens is 1. The van der Waals surface area contributed by atoms with Crippen LogP contribution in [0, 0.1) is 0 Å². The topological polar surface area (TPSA) is 49.3 Å². The molecular formula is C14H18ClNO2S. The van der Waals surface area contributed by atoms with Crippen LogP contribution in [-0.4, -0.2) is 28.6 Å². The Labute approximate surface area is 122 Å². The lowest BCUT2D eigenvalue weighted by atomic mass is 9.94. The molecule has 0 radical (unpaired) electrons. The van der Waals surface area contributed by atoms with E-state index in [9.17, 15) is 9.90 Å². The van der Waals surface area contributed by atoms with Crippen LogP contribution >= 0.6 is 23.4 Å². The summed E-state index contributed by atoms with van der Waals surface area (Å²) in [6, 6.07) is 4.77. The number of benzene rings is 1. The molecule has 1 aliphatic rings. The Morgan fingerprint density at radius 3 is 2.63 bits per heavy atom. The average molecular weight is 300 g/mol. The van der Waals surface area contributed by atoms with Crippen LogP contribution in [0.15, 0.2) is 18.2 Å². The van der Waals surface area contributed by atoms with Gasteiger partial charge in [0.1, 0.15) is 5.75 Å². The van der Waals surface area contributed by atoms with Crippen LogP contribution in [0.3, 0.4) is 0 Å². The first kappa shape index (κ1) is 14.5. The number of aromatic hydroxyl groups is 1. The Kier molecular flexibility index (Phi) is 4.99. The average Bonchev–Trinajstić information content (AvgIpc) is 2.39. The van der Waals surface area contributed by atoms with Gasteiger partial charge in [0.25, 0.3) is 5.91 Å². The molecule has 0 aromatic heterocycles. The molecule has 1 aromatic rings. The number of phenols is 1. The highest BCUT2D eigenvalue weighted by Gasteiger charge is 2.23. The third kappa shape index (κ3) is 3.80. The number of phenolic OH excluding ortho intramolecular Hbond substituents is 1. The Balaban J connectivity index is 1.94. The van der Waals surface area contributed by atoms with E-state index in [0.717, 1.165) is 30.9 Å². The fourth-order valence-electron chi connectivity index (χ4n) is 2.40. The second-order valence-corrected chi connectivity index (χ2v) is 6.42. The molecule has 1 saturated carbocycles. The third-order valence-corrected chi connectivity index (χ3v) is 4.92. The molecule has 2 rings (SSSR count). The molecule has 0 saturated heterocycles. The summed E-state index contributed by atoms with van der Waals surface area (Å²) in [5.74, 6) is -0.287. The molecule has 1 aliphatic carbocycles. The molecule has 1 fully saturated rings. The Morgan fingerprint density at radius 2 is 2.05 bits per heavy atom. The van der Waals surface area contributed by atoms with Crippen LogP contribution < -0.4 is 5.32 Å². The van der Waals surface area contributed by atoms with Gasteiger partial charge in [-0.3, -0.25) is 4.79 Å². The van der Waals surface area contributed by atoms with Crippen molar-refractivity contribution >= 4 is 29.3 Å². The van der Waals surface area contributed by atoms with Gasteiger partial charge in [0.2, 0.25) is 0 Å². The lowest BCUT2D eigenvalue weighted by Crippen LogP contribution is -2.38. The number of hydrogen-bond acceptors (Lipinski definition) is 3. The SMILES string of the molecule is CSC1CCC(NC(=O)c2ccc(Cl)cc2O)CC1. The van der Waals surface area contributed by atoms with Gasteiger partial charge in [-0.05, 0) is 50.1 Å². The van der Waals surface area contributed by atoms with Gasteiger partial charge >= 0.3 is 0 Å². The van der Waals surface area contributed by atoms with Crippen molar-refractivity contribution in [2.75, 3.05) is 6.26 Å². The quantitative estimate of drug-likeness (QED) is 0.899. The first-order chi connectivity index (χ1) is 9.10. The summed E-state index contributed by atoms with van der Waals surface area (Å²) in [7, 11) is 0. The molecule has 0 aliphatic heterocycles. The number of thioether (sulfide) groups is 1. The molecule has 0 atom stereocenters. The molecule has 5 heteroatoms. The first-order valence-electron chi connectivity index (χ1n) is 6.42. The van der Waals surface area contributed by atoms with Crippen LogP contribution in [0.2, 0.25) is 5.02 Å². The molecule has 0 spiro atoms. The summed E-state index contributed by atoms with van der Waals surface area (Å²) < 4.78 is 0. The lowest BCUT2D eigenvalue weighted by molar-refractivity contribution is 0.0925. The zero-order chi connectivity index (χ0) is 13.8. The van der Waals surface area contributed by atoms with E-state index < -0.39 is 0 Å². The molecule has 19 heavy (non-hydrogen) atoms. The minimum Gasteiger partial charge on any atom is -0.507 e. The van der Waals surface area contributed by atoms with Crippen molar-refractivity contribution in [2.24, 2.45) is 0 Å². The van der Waals surface area contributed by atoms with Crippen molar-refractivity contribution in [1.82, 2.24) is 5.32 Å². The van der Waals surface area contributed by atoms with Crippen LogP contribution in [0.1, 0.15) is 36.0 Å². The van der Waals surface area contributed by atoms with Crippen LogP contribution in [0.25, 0.3) is 0 Å². The molecule has 3 nitrogen and oxygen atoms in total. The second-order valence-electron chi connectivity index (χ2n) is 4.84. The van der Waals surface area contributed by atoms with Crippen LogP contribution in [0.5, 0.6) is 5.75 Å². The van der Waals surface area contributed by atoms with Crippen molar-refractivity contribution in [1.29, 1.82) is 0 Å². The summed E-state index contributed by atoms with van der Waals surface area (Å²) in [6.07, 6.45) is 6.42. The summed E-state index contributed by atoms with van der Waals surface area (Å²) in [6.45, 7) is 0. The van der Waals surface area contributed by atoms with E-state index in [1.807, 2.05) is 11.8 Å². The van der Waals surface area contributed by atoms with E-state index in [1.165, 1.54) is 6.07 Å². The van der Waals surface area contributed by atoms with E-state index in [1.54, 1.807) is 12.1 Å². The van der Waals surface area contributed by atoms with E-state index >= 15 is 0 Å². The fourth-order valence-corrected chi connectivity index (χ4v) is 3.31. The Hall–Kier alpha value is -0.870. The van der Waals surface area contributed by atoms with Crippen molar-refractivity contribution in [3.8, 4) is 5.75 Å². The molecular weight excluding hydrogens is 282 g/mol. The zero-order valence-electron chi connectivity index (χ0n) is 10.9. The van der Waals surface area contributed by atoms with Crippen molar-refractivity contribution in [3.05, 3.63) is 28.8 Å². The largest absolute Gasteiger partial charge is 0.507 e. The number of carbonyl (C=O) groups excluding carboxylic acids is 1. The molecule has 0 bridgehead atoms. The predicted octanol–water partition coefficient (Wildman–Crippen LogP) is 3.45. The van der Waals surface area contributed by atoms with Crippen molar-refractivity contribution in [2.45, 2.75) is 37.0 Å². The van der Waals surface area contributed by atoms with Gasteiger partial charge in [-0.25, -0.2) is 0 Å². The van der Waals surface area contributed by atoms with Gasteiger partial charge in [0.05, 0.1) is 5.56 Å². The smallest absolute Gasteiger partial charge is 0.255 e. The Morgan fingerprint density at radius 1 is 1.37 bits per heavy atom. The van der Waals surface area contributed by atoms with Crippen molar-refractivity contribution in [3.63, 3.8) is 0 Å². The third-order valence-electron chi connectivity index (χ3n) is 3.55. The maximum Gasteiger partial charge on any atom is 0.255 e. The van der Waals surface area contributed by atoms with E-state index in [4.69, 9.17) is 11.6 Å². The number of rotatable bonds is 3. The zero-order valence-corrected chi connectivity index (χ0v) is 12.4. The maximum absolute atomic E-state index is 12.1. The predicted molar refractivity (Wildman–Crippen MR) is 80.1 cm³/mol. The van der Waals surface area contributed by atoms with Gasteiger partial charge in [0.15, 0.2) is 0 Å². The number of amides is 1. The molecule has 104 valence electrons. The number of hydrogen-bond donors (Lipinski definition) is 2. The van der Waals surface area contributed by atoms with E-state index in [-0.39, 0.29) is 23.3 Å². The normalized spacial score (nSPS) is 23.1. The van der Waals surface area contributed by atoms with E-state index in [0.29, 0.717) is 5.02 Å². The van der Waals surface area contributed by atoms with Crippen LogP contribution in [0.4, 0.5) is 0 Å². The first-order valence-corrected chi connectivity index (χ1v) is 8.09. The standard InChI is InChI=1S/C14H18ClNO2S/c1-19-11-5-3-10(4-6-11)16-14(18)12-7-2-9(15)8-13(12)17/h2,7-8,10-11,17H,3-6H2,1H3,(H,16,18). The second kappa shape index (κ2) is 6.53. The highest BCUT2D eigenvalue weighted by molar-refractivity contribution is 7.99. The van der Waals surface area contributed by atoms with Gasteiger partial charge < -0.3 is 10.4 Å². The lowest BCUT2D eigenvalue weighted by Gasteiger charge is -2.28. The molecule has 0 heterocycles. The van der Waals surface area contributed by atoms with Gasteiger partial charge in [-0.2, -0.15) is 11.8 Å². The highest BCUT2D eigenvalue weighted by Crippen LogP contribution is 2.27. The summed E-state index contributed by atoms with van der Waals surface area (Å²) >= 11 is 7.65. The van der Waals surface area contributed by atoms with Crippen LogP contribution in [-0.2, 0) is 0 Å². The molecule has 1 amide bonds. The Bertz CT molecular complexity index is 459. The van der Waals surface area contributed by atoms with Crippen molar-refractivity contribution < 1.29 is 9.90 Å². The molecule has 2 N–H and O–H groups in total. The maximum atomic E-state index is 12.1. The minimum atomic E-state index is -0.221. The summed E-state index contributed by atoms with van der Waals surface area (Å²) in [4.78, 5) is 12.1. The molecule has 1 aromatic carbocycles. The van der Waals surface area contributed by atoms with Gasteiger partial charge in [-0.1, -0.05) is 11.6 Å². The van der Waals surface area contributed by atoms with Gasteiger partial charge in [0, 0.05) is 16.3 Å². The molecule has 0 unspecified atom stereocenters. The summed E-state index contributed by atoms with van der Waals surface area (Å²) in [5, 5.41) is 13.9. The minimum absolute atomic E-state index is 0.0669.